The van der Waals surface area contributed by atoms with Gasteiger partial charge in [-0.2, -0.15) is 4.57 Å². The number of benzene rings is 1. The Morgan fingerprint density at radius 3 is 2.84 bits per heavy atom. The molecule has 4 aromatic heterocycles. The highest BCUT2D eigenvalue weighted by Crippen LogP contribution is 2.34. The summed E-state index contributed by atoms with van der Waals surface area (Å²) >= 11 is 0. The maximum atomic E-state index is 4.52. The van der Waals surface area contributed by atoms with Crippen LogP contribution in [-0.4, -0.2) is 18.9 Å². The van der Waals surface area contributed by atoms with Crippen LogP contribution in [-0.2, 0) is 6.54 Å². The normalized spacial score (nSPS) is 12.6. The fourth-order valence-corrected chi connectivity index (χ4v) is 3.92. The van der Waals surface area contributed by atoms with Gasteiger partial charge >= 0.3 is 0 Å². The Labute approximate surface area is 143 Å². The molecule has 0 spiro atoms. The Morgan fingerprint density at radius 1 is 1.00 bits per heavy atom. The van der Waals surface area contributed by atoms with E-state index < -0.39 is 0 Å². The lowest BCUT2D eigenvalue weighted by atomic mass is 10.2. The second-order valence-corrected chi connectivity index (χ2v) is 6.31. The van der Waals surface area contributed by atoms with Crippen molar-refractivity contribution in [1.82, 2.24) is 18.9 Å². The van der Waals surface area contributed by atoms with Crippen molar-refractivity contribution in [2.75, 3.05) is 0 Å². The number of imidazole rings is 1. The van der Waals surface area contributed by atoms with Crippen molar-refractivity contribution in [1.29, 1.82) is 0 Å². The monoisotopic (exact) mass is 324 g/mol. The van der Waals surface area contributed by atoms with Gasteiger partial charge in [0.05, 0.1) is 5.56 Å². The molecule has 0 bridgehead atoms. The van der Waals surface area contributed by atoms with Gasteiger partial charge in [-0.05, 0) is 24.3 Å². The van der Waals surface area contributed by atoms with Crippen LogP contribution in [0.2, 0.25) is 0 Å². The molecule has 6 rings (SSSR count). The Kier molecular flexibility index (Phi) is 2.34. The van der Waals surface area contributed by atoms with Gasteiger partial charge in [-0.25, -0.2) is 9.55 Å². The number of fused-ring (bicyclic) bond motifs is 7. The Balaban J connectivity index is 1.84. The topological polar surface area (TPSA) is 39.0 Å². The molecular weight excluding hydrogens is 310 g/mol. The lowest BCUT2D eigenvalue weighted by Crippen LogP contribution is -2.31. The Hall–Kier alpha value is -3.47. The molecule has 0 aliphatic carbocycles. The van der Waals surface area contributed by atoms with Crippen molar-refractivity contribution in [2.45, 2.75) is 6.54 Å². The SMILES string of the molecule is c1ccc(-n2c3[n+](c4cc5ncccn5c42)Cc2ccncc2-3)cc1. The van der Waals surface area contributed by atoms with Gasteiger partial charge in [0.1, 0.15) is 17.9 Å². The second kappa shape index (κ2) is 4.54. The third-order valence-corrected chi connectivity index (χ3v) is 4.96. The van der Waals surface area contributed by atoms with Crippen LogP contribution in [0.1, 0.15) is 5.56 Å². The van der Waals surface area contributed by atoms with Gasteiger partial charge in [-0.1, -0.05) is 18.2 Å². The molecule has 5 heteroatoms. The summed E-state index contributed by atoms with van der Waals surface area (Å²) in [5.74, 6) is 1.18. The first-order chi connectivity index (χ1) is 12.4. The summed E-state index contributed by atoms with van der Waals surface area (Å²) in [5.41, 5.74) is 6.93. The maximum Gasteiger partial charge on any atom is 0.298 e. The van der Waals surface area contributed by atoms with Crippen LogP contribution in [0.3, 0.4) is 0 Å². The molecule has 5 heterocycles. The van der Waals surface area contributed by atoms with E-state index in [0.717, 1.165) is 23.5 Å². The summed E-state index contributed by atoms with van der Waals surface area (Å²) in [6.45, 7) is 0.862. The van der Waals surface area contributed by atoms with Gasteiger partial charge in [0, 0.05) is 36.4 Å². The molecule has 0 unspecified atom stereocenters. The van der Waals surface area contributed by atoms with E-state index in [1.165, 1.54) is 22.5 Å². The van der Waals surface area contributed by atoms with Crippen molar-refractivity contribution in [3.8, 4) is 17.1 Å². The van der Waals surface area contributed by atoms with Crippen LogP contribution in [0.25, 0.3) is 33.9 Å². The number of aromatic nitrogens is 5. The fraction of sp³-hybridized carbons (Fsp3) is 0.0500. The molecular formula is C20H14N5+. The zero-order chi connectivity index (χ0) is 16.4. The minimum atomic E-state index is 0.862. The molecule has 5 nitrogen and oxygen atoms in total. The molecule has 0 saturated carbocycles. The number of hydrogen-bond acceptors (Lipinski definition) is 2. The zero-order valence-corrected chi connectivity index (χ0v) is 13.4. The zero-order valence-electron chi connectivity index (χ0n) is 13.4. The Bertz CT molecular complexity index is 1260. The molecule has 118 valence electrons. The van der Waals surface area contributed by atoms with E-state index in [1.807, 2.05) is 30.7 Å². The molecule has 1 aromatic carbocycles. The van der Waals surface area contributed by atoms with Gasteiger partial charge in [0.25, 0.3) is 11.5 Å². The van der Waals surface area contributed by atoms with Crippen LogP contribution in [0.4, 0.5) is 0 Å². The first kappa shape index (κ1) is 12.9. The van der Waals surface area contributed by atoms with Gasteiger partial charge < -0.3 is 0 Å². The third kappa shape index (κ3) is 1.59. The average Bonchev–Trinajstić information content (AvgIpc) is 3.30. The molecule has 0 radical (unpaired) electrons. The molecule has 0 saturated heterocycles. The smallest absolute Gasteiger partial charge is 0.264 e. The van der Waals surface area contributed by atoms with Crippen LogP contribution >= 0.6 is 0 Å². The minimum absolute atomic E-state index is 0.862. The van der Waals surface area contributed by atoms with E-state index in [9.17, 15) is 0 Å². The molecule has 0 amide bonds. The van der Waals surface area contributed by atoms with Gasteiger partial charge in [0.15, 0.2) is 5.52 Å². The van der Waals surface area contributed by atoms with Gasteiger partial charge in [-0.15, -0.1) is 0 Å². The van der Waals surface area contributed by atoms with E-state index in [-0.39, 0.29) is 0 Å². The second-order valence-electron chi connectivity index (χ2n) is 6.31. The van der Waals surface area contributed by atoms with Crippen LogP contribution in [0, 0.1) is 0 Å². The molecule has 1 aliphatic heterocycles. The lowest BCUT2D eigenvalue weighted by Gasteiger charge is -2.02. The fourth-order valence-electron chi connectivity index (χ4n) is 3.92. The number of pyridine rings is 1. The predicted octanol–water partition coefficient (Wildman–Crippen LogP) is 2.99. The minimum Gasteiger partial charge on any atom is -0.264 e. The lowest BCUT2D eigenvalue weighted by molar-refractivity contribution is -0.645. The summed E-state index contributed by atoms with van der Waals surface area (Å²) in [7, 11) is 0. The highest BCUT2D eigenvalue weighted by atomic mass is 15.2. The Morgan fingerprint density at radius 2 is 1.92 bits per heavy atom. The first-order valence-electron chi connectivity index (χ1n) is 8.31. The summed E-state index contributed by atoms with van der Waals surface area (Å²) < 4.78 is 6.84. The highest BCUT2D eigenvalue weighted by molar-refractivity contribution is 5.83. The summed E-state index contributed by atoms with van der Waals surface area (Å²) in [6, 6.07) is 16.7. The summed E-state index contributed by atoms with van der Waals surface area (Å²) in [4.78, 5) is 8.89. The summed E-state index contributed by atoms with van der Waals surface area (Å²) in [5, 5.41) is 0. The standard InChI is InChI=1S/C20H14N5/c1-2-5-15(6-3-1)25-19-16-12-21-9-7-14(16)13-24(19)17-11-18-22-8-4-10-23(18)20(17)25/h1-12H,13H2/q+1. The van der Waals surface area contributed by atoms with Crippen LogP contribution in [0.5, 0.6) is 0 Å². The third-order valence-electron chi connectivity index (χ3n) is 4.96. The van der Waals surface area contributed by atoms with E-state index in [1.54, 1.807) is 0 Å². The number of hydrogen-bond donors (Lipinski definition) is 0. The molecule has 0 atom stereocenters. The molecule has 25 heavy (non-hydrogen) atoms. The molecule has 5 aromatic rings. The quantitative estimate of drug-likeness (QED) is 0.436. The number of nitrogens with zero attached hydrogens (tertiary/aromatic N) is 5. The van der Waals surface area contributed by atoms with Crippen LogP contribution in [0.15, 0.2) is 73.3 Å². The number of para-hydroxylation sites is 1. The van der Waals surface area contributed by atoms with E-state index in [2.05, 4.69) is 66.1 Å². The van der Waals surface area contributed by atoms with E-state index in [4.69, 9.17) is 0 Å². The van der Waals surface area contributed by atoms with E-state index >= 15 is 0 Å². The summed E-state index contributed by atoms with van der Waals surface area (Å²) in [6.07, 6.45) is 7.75. The molecule has 0 N–H and O–H groups in total. The largest absolute Gasteiger partial charge is 0.298 e. The maximum absolute atomic E-state index is 4.52. The van der Waals surface area contributed by atoms with Crippen molar-refractivity contribution in [2.24, 2.45) is 0 Å². The number of rotatable bonds is 1. The van der Waals surface area contributed by atoms with Gasteiger partial charge in [0.2, 0.25) is 0 Å². The highest BCUT2D eigenvalue weighted by Gasteiger charge is 2.36. The van der Waals surface area contributed by atoms with Crippen molar-refractivity contribution in [3.05, 3.63) is 78.9 Å². The van der Waals surface area contributed by atoms with Crippen molar-refractivity contribution < 1.29 is 4.57 Å². The van der Waals surface area contributed by atoms with Gasteiger partial charge in [-0.3, -0.25) is 9.38 Å². The molecule has 0 fully saturated rings. The van der Waals surface area contributed by atoms with Crippen molar-refractivity contribution >= 4 is 16.8 Å². The van der Waals surface area contributed by atoms with Crippen molar-refractivity contribution in [3.63, 3.8) is 0 Å². The molecule has 1 aliphatic rings. The van der Waals surface area contributed by atoms with E-state index in [0.29, 0.717) is 0 Å². The van der Waals surface area contributed by atoms with Crippen LogP contribution < -0.4 is 4.57 Å². The predicted molar refractivity (Wildman–Crippen MR) is 94.6 cm³/mol. The first-order valence-corrected chi connectivity index (χ1v) is 8.31. The average molecular weight is 324 g/mol.